The van der Waals surface area contributed by atoms with Crippen LogP contribution in [0.3, 0.4) is 0 Å². The molecule has 0 spiro atoms. The topological polar surface area (TPSA) is 104 Å². The summed E-state index contributed by atoms with van der Waals surface area (Å²) in [6.07, 6.45) is 4.14. The van der Waals surface area contributed by atoms with Crippen LogP contribution in [0.25, 0.3) is 11.4 Å². The van der Waals surface area contributed by atoms with Gasteiger partial charge < -0.3 is 24.3 Å². The number of hydrogen-bond acceptors (Lipinski definition) is 7. The maximum absolute atomic E-state index is 13.8. The molecule has 1 aliphatic heterocycles. The molecule has 0 unspecified atom stereocenters. The lowest BCUT2D eigenvalue weighted by molar-refractivity contribution is 0.0517. The molecule has 1 N–H and O–H groups in total. The normalized spacial score (nSPS) is 12.9. The molecule has 4 aromatic rings. The molecular weight excluding hydrogens is 472 g/mol. The second-order valence-electron chi connectivity index (χ2n) is 8.47. The first-order chi connectivity index (χ1) is 18.0. The third-order valence-corrected chi connectivity index (χ3v) is 6.29. The molecule has 10 nitrogen and oxygen atoms in total. The fraction of sp³-hybridized carbons (Fsp3) is 0.259. The Morgan fingerprint density at radius 3 is 2.43 bits per heavy atom. The number of methoxy groups -OCH3 is 1. The Hall–Kier alpha value is -4.44. The number of aromatic nitrogens is 4. The molecule has 0 aliphatic carbocycles. The standard InChI is InChI=1S/C27H28N6O4/c1-4-37-27(35)24-22-13-15-32(19-7-5-18(6-8-19)31-16-14-29-23(31)17-28-2)26(34)25(22)33(30-24)20-9-11-21(36-3)12-10-20/h5-12,14,16,28H,4,13,15,17H2,1-3H3. The highest BCUT2D eigenvalue weighted by atomic mass is 16.5. The molecule has 10 heteroatoms. The van der Waals surface area contributed by atoms with Gasteiger partial charge in [-0.2, -0.15) is 5.10 Å². The van der Waals surface area contributed by atoms with Gasteiger partial charge in [0.15, 0.2) is 5.69 Å². The largest absolute Gasteiger partial charge is 0.497 e. The Morgan fingerprint density at radius 1 is 1.05 bits per heavy atom. The van der Waals surface area contributed by atoms with E-state index >= 15 is 0 Å². The summed E-state index contributed by atoms with van der Waals surface area (Å²) in [5, 5.41) is 7.64. The van der Waals surface area contributed by atoms with Crippen LogP contribution in [0.2, 0.25) is 0 Å². The number of benzene rings is 2. The van der Waals surface area contributed by atoms with Gasteiger partial charge in [-0.15, -0.1) is 0 Å². The second-order valence-corrected chi connectivity index (χ2v) is 8.47. The number of esters is 1. The van der Waals surface area contributed by atoms with E-state index in [1.54, 1.807) is 49.4 Å². The van der Waals surface area contributed by atoms with E-state index in [0.29, 0.717) is 42.2 Å². The van der Waals surface area contributed by atoms with Crippen LogP contribution < -0.4 is 15.0 Å². The third kappa shape index (κ3) is 4.47. The highest BCUT2D eigenvalue weighted by Crippen LogP contribution is 2.30. The van der Waals surface area contributed by atoms with Gasteiger partial charge in [0.1, 0.15) is 17.3 Å². The van der Waals surface area contributed by atoms with Crippen molar-refractivity contribution in [2.75, 3.05) is 32.2 Å². The molecular formula is C27H28N6O4. The Kier molecular flexibility index (Phi) is 6.74. The van der Waals surface area contributed by atoms with E-state index in [0.717, 1.165) is 17.2 Å². The van der Waals surface area contributed by atoms with E-state index in [2.05, 4.69) is 15.4 Å². The molecule has 0 saturated heterocycles. The monoisotopic (exact) mass is 500 g/mol. The summed E-state index contributed by atoms with van der Waals surface area (Å²) in [5.74, 6) is 0.809. The number of carbonyl (C=O) groups is 2. The predicted octanol–water partition coefficient (Wildman–Crippen LogP) is 3.17. The van der Waals surface area contributed by atoms with E-state index in [1.165, 1.54) is 4.68 Å². The molecule has 0 saturated carbocycles. The number of nitrogens with zero attached hydrogens (tertiary/aromatic N) is 5. The van der Waals surface area contributed by atoms with Crippen molar-refractivity contribution in [1.29, 1.82) is 0 Å². The number of nitrogens with one attached hydrogen (secondary N) is 1. The maximum atomic E-state index is 13.8. The number of amides is 1. The maximum Gasteiger partial charge on any atom is 0.359 e. The van der Waals surface area contributed by atoms with Crippen LogP contribution in [0, 0.1) is 0 Å². The molecule has 190 valence electrons. The molecule has 0 bridgehead atoms. The van der Waals surface area contributed by atoms with Crippen LogP contribution in [0.15, 0.2) is 60.9 Å². The van der Waals surface area contributed by atoms with Crippen molar-refractivity contribution in [3.05, 3.63) is 83.7 Å². The summed E-state index contributed by atoms with van der Waals surface area (Å²) in [5.41, 5.74) is 3.49. The number of anilines is 1. The van der Waals surface area contributed by atoms with E-state index < -0.39 is 5.97 Å². The van der Waals surface area contributed by atoms with Gasteiger partial charge in [0.05, 0.1) is 25.9 Å². The van der Waals surface area contributed by atoms with Gasteiger partial charge in [0.2, 0.25) is 0 Å². The fourth-order valence-corrected chi connectivity index (χ4v) is 4.53. The van der Waals surface area contributed by atoms with Gasteiger partial charge >= 0.3 is 5.97 Å². The molecule has 0 atom stereocenters. The minimum absolute atomic E-state index is 0.174. The Bertz CT molecular complexity index is 1420. The molecule has 3 heterocycles. The fourth-order valence-electron chi connectivity index (χ4n) is 4.53. The van der Waals surface area contributed by atoms with Crippen LogP contribution in [0.1, 0.15) is 39.3 Å². The summed E-state index contributed by atoms with van der Waals surface area (Å²) in [6.45, 7) is 3.03. The average Bonchev–Trinajstić information content (AvgIpc) is 3.55. The van der Waals surface area contributed by atoms with Crippen LogP contribution >= 0.6 is 0 Å². The lowest BCUT2D eigenvalue weighted by Gasteiger charge is -2.28. The van der Waals surface area contributed by atoms with Gasteiger partial charge in [-0.05, 0) is 68.9 Å². The first-order valence-electron chi connectivity index (χ1n) is 12.1. The first-order valence-corrected chi connectivity index (χ1v) is 12.1. The number of ether oxygens (including phenoxy) is 2. The van der Waals surface area contributed by atoms with E-state index in [4.69, 9.17) is 9.47 Å². The zero-order valence-electron chi connectivity index (χ0n) is 21.0. The van der Waals surface area contributed by atoms with E-state index in [-0.39, 0.29) is 18.2 Å². The minimum Gasteiger partial charge on any atom is -0.497 e. The summed E-state index contributed by atoms with van der Waals surface area (Å²) >= 11 is 0. The lowest BCUT2D eigenvalue weighted by atomic mass is 10.0. The Balaban J connectivity index is 1.51. The van der Waals surface area contributed by atoms with Crippen molar-refractivity contribution < 1.29 is 19.1 Å². The van der Waals surface area contributed by atoms with Crippen molar-refractivity contribution >= 4 is 17.6 Å². The van der Waals surface area contributed by atoms with Crippen molar-refractivity contribution in [2.45, 2.75) is 19.9 Å². The zero-order chi connectivity index (χ0) is 25.9. The van der Waals surface area contributed by atoms with Crippen molar-refractivity contribution in [1.82, 2.24) is 24.6 Å². The number of rotatable bonds is 8. The highest BCUT2D eigenvalue weighted by molar-refractivity contribution is 6.09. The molecule has 0 fully saturated rings. The quantitative estimate of drug-likeness (QED) is 0.371. The molecule has 0 radical (unpaired) electrons. The smallest absolute Gasteiger partial charge is 0.359 e. The predicted molar refractivity (Wildman–Crippen MR) is 138 cm³/mol. The molecule has 1 amide bonds. The summed E-state index contributed by atoms with van der Waals surface area (Å²) in [6, 6.07) is 14.9. The van der Waals surface area contributed by atoms with Gasteiger partial charge in [-0.1, -0.05) is 0 Å². The molecule has 2 aromatic heterocycles. The summed E-state index contributed by atoms with van der Waals surface area (Å²) in [4.78, 5) is 32.6. The lowest BCUT2D eigenvalue weighted by Crippen LogP contribution is -2.39. The van der Waals surface area contributed by atoms with Gasteiger partial charge in [0.25, 0.3) is 5.91 Å². The van der Waals surface area contributed by atoms with E-state index in [9.17, 15) is 9.59 Å². The summed E-state index contributed by atoms with van der Waals surface area (Å²) in [7, 11) is 3.47. The van der Waals surface area contributed by atoms with Gasteiger partial charge in [-0.3, -0.25) is 4.79 Å². The number of hydrogen-bond donors (Lipinski definition) is 1. The summed E-state index contributed by atoms with van der Waals surface area (Å²) < 4.78 is 14.0. The average molecular weight is 501 g/mol. The van der Waals surface area contributed by atoms with Crippen molar-refractivity contribution in [3.63, 3.8) is 0 Å². The van der Waals surface area contributed by atoms with Crippen LogP contribution in [0.4, 0.5) is 5.69 Å². The molecule has 1 aliphatic rings. The van der Waals surface area contributed by atoms with Gasteiger partial charge in [0, 0.05) is 35.9 Å². The number of fused-ring (bicyclic) bond motifs is 1. The minimum atomic E-state index is -0.533. The van der Waals surface area contributed by atoms with Crippen molar-refractivity contribution in [2.24, 2.45) is 0 Å². The van der Waals surface area contributed by atoms with Crippen LogP contribution in [-0.4, -0.2) is 58.5 Å². The third-order valence-electron chi connectivity index (χ3n) is 6.29. The Labute approximate surface area is 214 Å². The number of carbonyl (C=O) groups excluding carboxylic acids is 2. The van der Waals surface area contributed by atoms with Crippen LogP contribution in [-0.2, 0) is 17.7 Å². The van der Waals surface area contributed by atoms with Crippen molar-refractivity contribution in [3.8, 4) is 17.1 Å². The second kappa shape index (κ2) is 10.3. The Morgan fingerprint density at radius 2 is 1.76 bits per heavy atom. The van der Waals surface area contributed by atoms with E-state index in [1.807, 2.05) is 42.1 Å². The zero-order valence-corrected chi connectivity index (χ0v) is 21.0. The molecule has 37 heavy (non-hydrogen) atoms. The molecule has 2 aromatic carbocycles. The highest BCUT2D eigenvalue weighted by Gasteiger charge is 2.35. The SMILES string of the molecule is CCOC(=O)c1nn(-c2ccc(OC)cc2)c2c1CCN(c1ccc(-n3ccnc3CNC)cc1)C2=O. The van der Waals surface area contributed by atoms with Gasteiger partial charge in [-0.25, -0.2) is 14.5 Å². The first kappa shape index (κ1) is 24.3. The number of imidazole rings is 1. The van der Waals surface area contributed by atoms with Crippen LogP contribution in [0.5, 0.6) is 5.75 Å². The molecule has 5 rings (SSSR count).